The van der Waals surface area contributed by atoms with Crippen LogP contribution < -0.4 is 5.32 Å². The number of hydrogen-bond acceptors (Lipinski definition) is 3. The van der Waals surface area contributed by atoms with Gasteiger partial charge in [-0.25, -0.2) is 8.42 Å². The third-order valence-electron chi connectivity index (χ3n) is 2.19. The van der Waals surface area contributed by atoms with Crippen molar-refractivity contribution in [3.63, 3.8) is 0 Å². The second kappa shape index (κ2) is 5.17. The van der Waals surface area contributed by atoms with E-state index in [1.54, 1.807) is 0 Å². The predicted octanol–water partition coefficient (Wildman–Crippen LogP) is 2.55. The average molecular weight is 281 g/mol. The molecule has 1 atom stereocenters. The highest BCUT2D eigenvalue weighted by Crippen LogP contribution is 2.34. The average Bonchev–Trinajstić information content (AvgIpc) is 2.13. The molecule has 1 N–H and O–H groups in total. The Kier molecular flexibility index (Phi) is 4.26. The maximum absolute atomic E-state index is 12.7. The van der Waals surface area contributed by atoms with Gasteiger partial charge in [-0.05, 0) is 19.1 Å². The van der Waals surface area contributed by atoms with Gasteiger partial charge in [-0.3, -0.25) is 0 Å². The molecule has 1 aromatic rings. The lowest BCUT2D eigenvalue weighted by atomic mass is 10.1. The van der Waals surface area contributed by atoms with Crippen molar-refractivity contribution < 1.29 is 21.6 Å². The lowest BCUT2D eigenvalue weighted by Gasteiger charge is -2.18. The van der Waals surface area contributed by atoms with Crippen molar-refractivity contribution in [2.45, 2.75) is 19.1 Å². The summed E-state index contributed by atoms with van der Waals surface area (Å²) in [7, 11) is -3.24. The Balaban J connectivity index is 2.92. The van der Waals surface area contributed by atoms with Crippen molar-refractivity contribution in [1.29, 1.82) is 0 Å². The van der Waals surface area contributed by atoms with Crippen LogP contribution in [-0.4, -0.2) is 26.5 Å². The number of halogens is 3. The summed E-state index contributed by atoms with van der Waals surface area (Å²) in [6.07, 6.45) is -3.42. The number of benzene rings is 1. The number of para-hydroxylation sites is 1. The molecule has 18 heavy (non-hydrogen) atoms. The second-order valence-electron chi connectivity index (χ2n) is 4.18. The molecule has 102 valence electrons. The third kappa shape index (κ3) is 4.56. The van der Waals surface area contributed by atoms with E-state index in [2.05, 4.69) is 5.32 Å². The zero-order valence-corrected chi connectivity index (χ0v) is 10.8. The topological polar surface area (TPSA) is 46.2 Å². The Morgan fingerprint density at radius 1 is 1.28 bits per heavy atom. The molecule has 0 aromatic heterocycles. The summed E-state index contributed by atoms with van der Waals surface area (Å²) < 4.78 is 60.1. The van der Waals surface area contributed by atoms with E-state index < -0.39 is 27.6 Å². The van der Waals surface area contributed by atoms with E-state index in [0.29, 0.717) is 0 Å². The summed E-state index contributed by atoms with van der Waals surface area (Å²) >= 11 is 0. The van der Waals surface area contributed by atoms with Gasteiger partial charge in [0.25, 0.3) is 0 Å². The molecule has 0 fully saturated rings. The Bertz CT molecular complexity index is 511. The van der Waals surface area contributed by atoms with E-state index in [9.17, 15) is 21.6 Å². The molecule has 1 aromatic carbocycles. The van der Waals surface area contributed by atoms with Crippen LogP contribution in [0.25, 0.3) is 0 Å². The second-order valence-corrected chi connectivity index (χ2v) is 6.37. The third-order valence-corrected chi connectivity index (χ3v) is 3.29. The van der Waals surface area contributed by atoms with Gasteiger partial charge in [-0.1, -0.05) is 12.1 Å². The Labute approximate surface area is 104 Å². The van der Waals surface area contributed by atoms with Crippen LogP contribution in [0.5, 0.6) is 0 Å². The zero-order chi connectivity index (χ0) is 14.0. The number of anilines is 1. The molecular weight excluding hydrogens is 267 g/mol. The minimum absolute atomic E-state index is 0.110. The van der Waals surface area contributed by atoms with Crippen LogP contribution in [-0.2, 0) is 16.0 Å². The lowest BCUT2D eigenvalue weighted by molar-refractivity contribution is -0.137. The number of alkyl halides is 3. The first-order chi connectivity index (χ1) is 8.09. The van der Waals surface area contributed by atoms with E-state index in [1.807, 2.05) is 0 Å². The summed E-state index contributed by atoms with van der Waals surface area (Å²) in [4.78, 5) is 0. The number of rotatable bonds is 4. The highest BCUT2D eigenvalue weighted by Gasteiger charge is 2.33. The van der Waals surface area contributed by atoms with Gasteiger partial charge in [0.05, 0.1) is 11.3 Å². The fourth-order valence-electron chi connectivity index (χ4n) is 1.62. The normalized spacial score (nSPS) is 14.3. The molecule has 0 spiro atoms. The fourth-order valence-corrected chi connectivity index (χ4v) is 2.61. The maximum Gasteiger partial charge on any atom is 0.418 e. The smallest absolute Gasteiger partial charge is 0.381 e. The maximum atomic E-state index is 12.7. The van der Waals surface area contributed by atoms with Gasteiger partial charge in [0.1, 0.15) is 9.84 Å². The molecule has 0 heterocycles. The number of hydrogen-bond donors (Lipinski definition) is 1. The molecule has 7 heteroatoms. The minimum atomic E-state index is -4.46. The first-order valence-electron chi connectivity index (χ1n) is 5.20. The first kappa shape index (κ1) is 14.8. The van der Waals surface area contributed by atoms with Gasteiger partial charge in [0.15, 0.2) is 0 Å². The molecule has 0 radical (unpaired) electrons. The van der Waals surface area contributed by atoms with Crippen LogP contribution >= 0.6 is 0 Å². The fraction of sp³-hybridized carbons (Fsp3) is 0.455. The largest absolute Gasteiger partial charge is 0.418 e. The van der Waals surface area contributed by atoms with Crippen molar-refractivity contribution in [3.05, 3.63) is 29.8 Å². The molecular formula is C11H14F3NO2S. The van der Waals surface area contributed by atoms with Gasteiger partial charge in [0, 0.05) is 18.0 Å². The molecule has 0 aliphatic rings. The SMILES string of the molecule is CC(CS(C)(=O)=O)Nc1ccccc1C(F)(F)F. The zero-order valence-electron chi connectivity index (χ0n) is 9.95. The van der Waals surface area contributed by atoms with Crippen molar-refractivity contribution in [3.8, 4) is 0 Å². The highest BCUT2D eigenvalue weighted by molar-refractivity contribution is 7.90. The molecule has 0 aliphatic carbocycles. The van der Waals surface area contributed by atoms with Gasteiger partial charge >= 0.3 is 6.18 Å². The van der Waals surface area contributed by atoms with Crippen molar-refractivity contribution in [2.75, 3.05) is 17.3 Å². The van der Waals surface area contributed by atoms with Crippen molar-refractivity contribution >= 4 is 15.5 Å². The lowest BCUT2D eigenvalue weighted by Crippen LogP contribution is -2.26. The summed E-state index contributed by atoms with van der Waals surface area (Å²) in [6, 6.07) is 4.39. The molecule has 3 nitrogen and oxygen atoms in total. The molecule has 0 saturated carbocycles. The van der Waals surface area contributed by atoms with Crippen LogP contribution in [0.2, 0.25) is 0 Å². The Morgan fingerprint density at radius 2 is 1.83 bits per heavy atom. The Hall–Kier alpha value is -1.24. The standard InChI is InChI=1S/C11H14F3NO2S/c1-8(7-18(2,16)17)15-10-6-4-3-5-9(10)11(12,13)14/h3-6,8,15H,7H2,1-2H3. The van der Waals surface area contributed by atoms with Crippen LogP contribution in [0.3, 0.4) is 0 Å². The Morgan fingerprint density at radius 3 is 2.33 bits per heavy atom. The molecule has 1 rings (SSSR count). The first-order valence-corrected chi connectivity index (χ1v) is 7.26. The number of sulfone groups is 1. The summed E-state index contributed by atoms with van der Waals surface area (Å²) in [6.45, 7) is 1.52. The van der Waals surface area contributed by atoms with E-state index in [0.717, 1.165) is 12.3 Å². The summed E-state index contributed by atoms with van der Waals surface area (Å²) in [5.41, 5.74) is -0.911. The van der Waals surface area contributed by atoms with Crippen molar-refractivity contribution in [2.24, 2.45) is 0 Å². The van der Waals surface area contributed by atoms with Gasteiger partial charge in [0.2, 0.25) is 0 Å². The van der Waals surface area contributed by atoms with Crippen LogP contribution in [0.1, 0.15) is 12.5 Å². The summed E-state index contributed by atoms with van der Waals surface area (Å²) in [5.74, 6) is -0.223. The number of nitrogens with one attached hydrogen (secondary N) is 1. The summed E-state index contributed by atoms with van der Waals surface area (Å²) in [5, 5.41) is 2.57. The van der Waals surface area contributed by atoms with Crippen LogP contribution in [0.15, 0.2) is 24.3 Å². The van der Waals surface area contributed by atoms with E-state index in [4.69, 9.17) is 0 Å². The molecule has 1 unspecified atom stereocenters. The van der Waals surface area contributed by atoms with Gasteiger partial charge < -0.3 is 5.32 Å². The van der Waals surface area contributed by atoms with E-state index in [1.165, 1.54) is 25.1 Å². The van der Waals surface area contributed by atoms with Crippen LogP contribution in [0, 0.1) is 0 Å². The highest BCUT2D eigenvalue weighted by atomic mass is 32.2. The van der Waals surface area contributed by atoms with E-state index in [-0.39, 0.29) is 11.4 Å². The van der Waals surface area contributed by atoms with E-state index >= 15 is 0 Å². The molecule has 0 saturated heterocycles. The molecule has 0 aliphatic heterocycles. The van der Waals surface area contributed by atoms with Gasteiger partial charge in [-0.15, -0.1) is 0 Å². The van der Waals surface area contributed by atoms with Gasteiger partial charge in [-0.2, -0.15) is 13.2 Å². The molecule has 0 amide bonds. The predicted molar refractivity (Wildman–Crippen MR) is 64.2 cm³/mol. The monoisotopic (exact) mass is 281 g/mol. The molecule has 0 bridgehead atoms. The van der Waals surface area contributed by atoms with Crippen molar-refractivity contribution in [1.82, 2.24) is 0 Å². The van der Waals surface area contributed by atoms with Crippen LogP contribution in [0.4, 0.5) is 18.9 Å². The minimum Gasteiger partial charge on any atom is -0.381 e. The quantitative estimate of drug-likeness (QED) is 0.922.